The van der Waals surface area contributed by atoms with Crippen LogP contribution in [0.3, 0.4) is 0 Å². The summed E-state index contributed by atoms with van der Waals surface area (Å²) in [6.07, 6.45) is 7.32. The minimum absolute atomic E-state index is 0.0708. The van der Waals surface area contributed by atoms with Crippen LogP contribution in [0.2, 0.25) is 0 Å². The first kappa shape index (κ1) is 18.9. The molecule has 0 saturated heterocycles. The first-order valence-corrected chi connectivity index (χ1v) is 9.39. The molecule has 3 N–H and O–H groups in total. The molecule has 1 aliphatic rings. The maximum absolute atomic E-state index is 12.9. The maximum atomic E-state index is 12.9. The van der Waals surface area contributed by atoms with E-state index in [4.69, 9.17) is 9.15 Å². The van der Waals surface area contributed by atoms with Crippen molar-refractivity contribution in [3.05, 3.63) is 51.7 Å². The van der Waals surface area contributed by atoms with Crippen molar-refractivity contribution in [2.24, 2.45) is 0 Å². The molecule has 0 radical (unpaired) electrons. The lowest BCUT2D eigenvalue weighted by Crippen LogP contribution is -2.31. The van der Waals surface area contributed by atoms with Crippen molar-refractivity contribution in [1.82, 2.24) is 0 Å². The third-order valence-electron chi connectivity index (χ3n) is 5.19. The highest BCUT2D eigenvalue weighted by atomic mass is 16.5. The fourth-order valence-electron chi connectivity index (χ4n) is 3.63. The summed E-state index contributed by atoms with van der Waals surface area (Å²) in [7, 11) is 0. The van der Waals surface area contributed by atoms with Gasteiger partial charge in [0.1, 0.15) is 39.2 Å². The van der Waals surface area contributed by atoms with Crippen molar-refractivity contribution in [3.63, 3.8) is 0 Å². The molecule has 0 amide bonds. The summed E-state index contributed by atoms with van der Waals surface area (Å²) < 4.78 is 11.8. The molecule has 6 heteroatoms. The number of phenolic OH excluding ortho intramolecular Hbond substituents is 3. The van der Waals surface area contributed by atoms with Gasteiger partial charge in [0.05, 0.1) is 5.56 Å². The van der Waals surface area contributed by atoms with E-state index in [1.54, 1.807) is 6.08 Å². The molecule has 29 heavy (non-hydrogen) atoms. The van der Waals surface area contributed by atoms with Crippen LogP contribution in [-0.4, -0.2) is 20.9 Å². The van der Waals surface area contributed by atoms with Gasteiger partial charge in [-0.2, -0.15) is 0 Å². The van der Waals surface area contributed by atoms with Crippen molar-refractivity contribution < 1.29 is 24.5 Å². The quantitative estimate of drug-likeness (QED) is 0.329. The van der Waals surface area contributed by atoms with Gasteiger partial charge in [0.15, 0.2) is 11.3 Å². The third kappa shape index (κ3) is 3.10. The average Bonchev–Trinajstić information content (AvgIpc) is 2.64. The van der Waals surface area contributed by atoms with Crippen LogP contribution in [0.1, 0.15) is 39.2 Å². The van der Waals surface area contributed by atoms with E-state index in [-0.39, 0.29) is 39.2 Å². The minimum atomic E-state index is -0.625. The summed E-state index contributed by atoms with van der Waals surface area (Å²) in [6, 6.07) is 3.98. The molecule has 1 atom stereocenters. The molecule has 3 aromatic rings. The second-order valence-electron chi connectivity index (χ2n) is 7.82. The molecule has 0 aliphatic carbocycles. The SMILES string of the molecule is CC(C)=CCC[C@@]1(C)C=Cc2c(cc3oc4c(O)ccc(O)c4c(=O)c3c2O)O1. The van der Waals surface area contributed by atoms with E-state index < -0.39 is 11.0 Å². The normalized spacial score (nSPS) is 17.9. The Kier molecular flexibility index (Phi) is 4.30. The maximum Gasteiger partial charge on any atom is 0.208 e. The highest BCUT2D eigenvalue weighted by Crippen LogP contribution is 2.43. The topological polar surface area (TPSA) is 100 Å². The fraction of sp³-hybridized carbons (Fsp3) is 0.261. The summed E-state index contributed by atoms with van der Waals surface area (Å²) in [5, 5.41) is 30.6. The molecule has 150 valence electrons. The van der Waals surface area contributed by atoms with Crippen molar-refractivity contribution in [1.29, 1.82) is 0 Å². The number of fused-ring (bicyclic) bond motifs is 3. The Morgan fingerprint density at radius 2 is 1.86 bits per heavy atom. The second-order valence-corrected chi connectivity index (χ2v) is 7.82. The monoisotopic (exact) mass is 394 g/mol. The van der Waals surface area contributed by atoms with Crippen LogP contribution in [0.25, 0.3) is 28.0 Å². The van der Waals surface area contributed by atoms with Crippen molar-refractivity contribution in [3.8, 4) is 23.0 Å². The highest BCUT2D eigenvalue weighted by Gasteiger charge is 2.30. The van der Waals surface area contributed by atoms with Crippen molar-refractivity contribution in [2.75, 3.05) is 0 Å². The van der Waals surface area contributed by atoms with Crippen LogP contribution in [0.5, 0.6) is 23.0 Å². The summed E-state index contributed by atoms with van der Waals surface area (Å²) in [4.78, 5) is 12.9. The molecule has 0 unspecified atom stereocenters. The van der Waals surface area contributed by atoms with Gasteiger partial charge in [0.25, 0.3) is 0 Å². The molecule has 4 rings (SSSR count). The number of benzene rings is 2. The Balaban J connectivity index is 1.89. The van der Waals surface area contributed by atoms with Gasteiger partial charge in [0, 0.05) is 6.07 Å². The Bertz CT molecular complexity index is 1260. The van der Waals surface area contributed by atoms with Crippen LogP contribution < -0.4 is 10.2 Å². The van der Waals surface area contributed by atoms with E-state index in [2.05, 4.69) is 6.08 Å². The van der Waals surface area contributed by atoms with E-state index in [0.29, 0.717) is 11.3 Å². The Morgan fingerprint density at radius 1 is 1.14 bits per heavy atom. The molecule has 0 spiro atoms. The van der Waals surface area contributed by atoms with E-state index in [0.717, 1.165) is 12.8 Å². The zero-order valence-electron chi connectivity index (χ0n) is 16.4. The number of hydrogen-bond acceptors (Lipinski definition) is 6. The number of ether oxygens (including phenoxy) is 1. The zero-order chi connectivity index (χ0) is 20.9. The molecule has 0 fully saturated rings. The Morgan fingerprint density at radius 3 is 2.59 bits per heavy atom. The molecule has 0 bridgehead atoms. The van der Waals surface area contributed by atoms with Crippen LogP contribution >= 0.6 is 0 Å². The zero-order valence-corrected chi connectivity index (χ0v) is 16.4. The van der Waals surface area contributed by atoms with Gasteiger partial charge >= 0.3 is 0 Å². The summed E-state index contributed by atoms with van der Waals surface area (Å²) in [5.41, 5.74) is 0.343. The van der Waals surface area contributed by atoms with Crippen molar-refractivity contribution >= 4 is 28.0 Å². The fourth-order valence-corrected chi connectivity index (χ4v) is 3.63. The standard InChI is InChI=1S/C23H22O6/c1-12(2)5-4-9-23(3)10-8-13-16(29-23)11-17-19(20(13)26)21(27)18-14(24)6-7-15(25)22(18)28-17/h5-8,10-11,24-26H,4,9H2,1-3H3/t23-/m0/s1. The highest BCUT2D eigenvalue weighted by molar-refractivity contribution is 6.00. The van der Waals surface area contributed by atoms with E-state index in [1.165, 1.54) is 23.8 Å². The van der Waals surface area contributed by atoms with E-state index in [9.17, 15) is 20.1 Å². The first-order valence-electron chi connectivity index (χ1n) is 9.39. The third-order valence-corrected chi connectivity index (χ3v) is 5.19. The number of allylic oxidation sites excluding steroid dienone is 2. The Hall–Kier alpha value is -3.41. The first-order chi connectivity index (χ1) is 13.7. The Labute approximate surface area is 167 Å². The molecule has 0 saturated carbocycles. The average molecular weight is 394 g/mol. The molecule has 1 aromatic heterocycles. The van der Waals surface area contributed by atoms with Crippen LogP contribution in [0, 0.1) is 0 Å². The summed E-state index contributed by atoms with van der Waals surface area (Å²) >= 11 is 0. The van der Waals surface area contributed by atoms with Gasteiger partial charge < -0.3 is 24.5 Å². The van der Waals surface area contributed by atoms with Gasteiger partial charge in [0.2, 0.25) is 5.43 Å². The smallest absolute Gasteiger partial charge is 0.208 e. The molecule has 1 aliphatic heterocycles. The lowest BCUT2D eigenvalue weighted by atomic mass is 9.93. The number of aromatic hydroxyl groups is 3. The second kappa shape index (κ2) is 6.58. The van der Waals surface area contributed by atoms with Crippen LogP contribution in [0.4, 0.5) is 0 Å². The predicted molar refractivity (Wildman–Crippen MR) is 112 cm³/mol. The molecule has 6 nitrogen and oxygen atoms in total. The number of phenols is 3. The predicted octanol–water partition coefficient (Wildman–Crippen LogP) is 4.97. The molecule has 2 heterocycles. The van der Waals surface area contributed by atoms with Crippen LogP contribution in [-0.2, 0) is 0 Å². The molecular weight excluding hydrogens is 372 g/mol. The van der Waals surface area contributed by atoms with Gasteiger partial charge in [-0.25, -0.2) is 0 Å². The molecular formula is C23H22O6. The molecule has 2 aromatic carbocycles. The minimum Gasteiger partial charge on any atom is -0.507 e. The summed E-state index contributed by atoms with van der Waals surface area (Å²) in [6.45, 7) is 6.03. The van der Waals surface area contributed by atoms with Gasteiger partial charge in [-0.15, -0.1) is 0 Å². The van der Waals surface area contributed by atoms with Gasteiger partial charge in [-0.05, 0) is 57.9 Å². The lowest BCUT2D eigenvalue weighted by molar-refractivity contribution is 0.128. The van der Waals surface area contributed by atoms with E-state index in [1.807, 2.05) is 26.8 Å². The largest absolute Gasteiger partial charge is 0.507 e. The van der Waals surface area contributed by atoms with Crippen LogP contribution in [0.15, 0.2) is 45.1 Å². The van der Waals surface area contributed by atoms with Gasteiger partial charge in [-0.1, -0.05) is 11.6 Å². The number of rotatable bonds is 3. The number of hydrogen-bond donors (Lipinski definition) is 3. The van der Waals surface area contributed by atoms with Gasteiger partial charge in [-0.3, -0.25) is 4.79 Å². The van der Waals surface area contributed by atoms with E-state index >= 15 is 0 Å². The summed E-state index contributed by atoms with van der Waals surface area (Å²) in [5.74, 6) is -0.497. The van der Waals surface area contributed by atoms with Crippen molar-refractivity contribution in [2.45, 2.75) is 39.2 Å². The lowest BCUT2D eigenvalue weighted by Gasteiger charge is -2.32.